The van der Waals surface area contributed by atoms with Crippen molar-refractivity contribution >= 4 is 34.0 Å². The van der Waals surface area contributed by atoms with E-state index in [-0.39, 0.29) is 12.4 Å². The molecule has 0 spiro atoms. The Bertz CT molecular complexity index is 652. The molecule has 104 valence electrons. The standard InChI is InChI=1S/C18H19N.ClH/c1-2-11-19-13-18-16-9-5-3-7-14(16)12-15-8-4-6-10-17(15)18;/h3-10,12,19H,2,11,13H2,1H3;1H. The minimum atomic E-state index is 0. The molecule has 0 bridgehead atoms. The van der Waals surface area contributed by atoms with Crippen molar-refractivity contribution in [2.45, 2.75) is 19.9 Å². The molecule has 2 heteroatoms. The zero-order chi connectivity index (χ0) is 13.1. The van der Waals surface area contributed by atoms with Crippen LogP contribution in [0.4, 0.5) is 0 Å². The Kier molecular flexibility index (Phi) is 4.99. The van der Waals surface area contributed by atoms with Gasteiger partial charge < -0.3 is 5.32 Å². The molecule has 20 heavy (non-hydrogen) atoms. The van der Waals surface area contributed by atoms with Gasteiger partial charge in [0.25, 0.3) is 0 Å². The van der Waals surface area contributed by atoms with E-state index < -0.39 is 0 Å². The van der Waals surface area contributed by atoms with Crippen LogP contribution in [0.2, 0.25) is 0 Å². The van der Waals surface area contributed by atoms with Crippen LogP contribution in [-0.4, -0.2) is 6.54 Å². The third-order valence-electron chi connectivity index (χ3n) is 3.61. The molecule has 0 radical (unpaired) electrons. The fourth-order valence-electron chi connectivity index (χ4n) is 2.69. The van der Waals surface area contributed by atoms with Crippen LogP contribution in [0.1, 0.15) is 18.9 Å². The lowest BCUT2D eigenvalue weighted by atomic mass is 9.97. The molecule has 1 nitrogen and oxygen atoms in total. The molecular weight excluding hydrogens is 266 g/mol. The van der Waals surface area contributed by atoms with Gasteiger partial charge in [-0.3, -0.25) is 0 Å². The van der Waals surface area contributed by atoms with Crippen LogP contribution in [0.5, 0.6) is 0 Å². The molecule has 0 atom stereocenters. The van der Waals surface area contributed by atoms with Gasteiger partial charge in [-0.25, -0.2) is 0 Å². The fraction of sp³-hybridized carbons (Fsp3) is 0.222. The highest BCUT2D eigenvalue weighted by atomic mass is 35.5. The molecule has 0 amide bonds. The smallest absolute Gasteiger partial charge is 0.0217 e. The third-order valence-corrected chi connectivity index (χ3v) is 3.61. The lowest BCUT2D eigenvalue weighted by molar-refractivity contribution is 0.680. The van der Waals surface area contributed by atoms with Crippen LogP contribution in [0, 0.1) is 0 Å². The summed E-state index contributed by atoms with van der Waals surface area (Å²) in [6.45, 7) is 4.21. The number of hydrogen-bond donors (Lipinski definition) is 1. The van der Waals surface area contributed by atoms with Crippen molar-refractivity contribution < 1.29 is 0 Å². The average Bonchev–Trinajstić information content (AvgIpc) is 2.46. The van der Waals surface area contributed by atoms with Gasteiger partial charge in [-0.1, -0.05) is 55.5 Å². The van der Waals surface area contributed by atoms with Crippen molar-refractivity contribution in [3.63, 3.8) is 0 Å². The first-order valence-corrected chi connectivity index (χ1v) is 7.00. The molecule has 3 aromatic carbocycles. The summed E-state index contributed by atoms with van der Waals surface area (Å²) in [5.74, 6) is 0. The Morgan fingerprint density at radius 2 is 1.40 bits per heavy atom. The van der Waals surface area contributed by atoms with Gasteiger partial charge in [-0.15, -0.1) is 12.4 Å². The molecule has 0 aromatic heterocycles. The van der Waals surface area contributed by atoms with Crippen LogP contribution < -0.4 is 5.32 Å². The monoisotopic (exact) mass is 285 g/mol. The first kappa shape index (κ1) is 14.8. The molecule has 0 saturated carbocycles. The van der Waals surface area contributed by atoms with Crippen LogP contribution in [0.25, 0.3) is 21.5 Å². The first-order chi connectivity index (χ1) is 9.40. The molecule has 0 heterocycles. The Morgan fingerprint density at radius 3 is 1.95 bits per heavy atom. The number of nitrogens with one attached hydrogen (secondary N) is 1. The van der Waals surface area contributed by atoms with E-state index in [1.807, 2.05) is 0 Å². The Labute approximate surface area is 126 Å². The SMILES string of the molecule is CCCNCc1c2ccccc2cc2ccccc12.Cl. The third kappa shape index (κ3) is 2.79. The molecule has 0 saturated heterocycles. The van der Waals surface area contributed by atoms with E-state index in [0.717, 1.165) is 13.1 Å². The van der Waals surface area contributed by atoms with Crippen LogP contribution >= 0.6 is 12.4 Å². The Hall–Kier alpha value is -1.57. The molecule has 0 aliphatic carbocycles. The quantitative estimate of drug-likeness (QED) is 0.530. The van der Waals surface area contributed by atoms with E-state index in [1.54, 1.807) is 0 Å². The zero-order valence-corrected chi connectivity index (χ0v) is 12.5. The maximum atomic E-state index is 3.54. The Morgan fingerprint density at radius 1 is 0.850 bits per heavy atom. The van der Waals surface area contributed by atoms with E-state index in [2.05, 4.69) is 66.8 Å². The molecule has 0 unspecified atom stereocenters. The number of benzene rings is 3. The topological polar surface area (TPSA) is 12.0 Å². The van der Waals surface area contributed by atoms with Crippen molar-refractivity contribution in [2.75, 3.05) is 6.54 Å². The predicted molar refractivity (Wildman–Crippen MR) is 90.7 cm³/mol. The molecule has 1 N–H and O–H groups in total. The summed E-state index contributed by atoms with van der Waals surface area (Å²) in [7, 11) is 0. The molecule has 3 rings (SSSR count). The second-order valence-corrected chi connectivity index (χ2v) is 4.97. The number of fused-ring (bicyclic) bond motifs is 2. The van der Waals surface area contributed by atoms with Crippen LogP contribution in [0.3, 0.4) is 0 Å². The summed E-state index contributed by atoms with van der Waals surface area (Å²) in [6.07, 6.45) is 1.17. The summed E-state index contributed by atoms with van der Waals surface area (Å²) in [4.78, 5) is 0. The van der Waals surface area contributed by atoms with Gasteiger partial charge in [-0.05, 0) is 46.1 Å². The van der Waals surface area contributed by atoms with Crippen molar-refractivity contribution in [3.05, 3.63) is 60.2 Å². The van der Waals surface area contributed by atoms with E-state index in [4.69, 9.17) is 0 Å². The van der Waals surface area contributed by atoms with Gasteiger partial charge in [0.15, 0.2) is 0 Å². The van der Waals surface area contributed by atoms with Gasteiger partial charge >= 0.3 is 0 Å². The van der Waals surface area contributed by atoms with Gasteiger partial charge in [0.1, 0.15) is 0 Å². The highest BCUT2D eigenvalue weighted by molar-refractivity contribution is 6.02. The van der Waals surface area contributed by atoms with Crippen LogP contribution in [-0.2, 0) is 6.54 Å². The van der Waals surface area contributed by atoms with E-state index in [1.165, 1.54) is 33.5 Å². The minimum Gasteiger partial charge on any atom is -0.313 e. The molecule has 3 aromatic rings. The highest BCUT2D eigenvalue weighted by Gasteiger charge is 2.06. The second kappa shape index (κ2) is 6.74. The summed E-state index contributed by atoms with van der Waals surface area (Å²) < 4.78 is 0. The normalized spacial score (nSPS) is 10.7. The summed E-state index contributed by atoms with van der Waals surface area (Å²) in [5.41, 5.74) is 1.42. The maximum Gasteiger partial charge on any atom is 0.0217 e. The van der Waals surface area contributed by atoms with Crippen molar-refractivity contribution in [1.82, 2.24) is 5.32 Å². The van der Waals surface area contributed by atoms with E-state index in [0.29, 0.717) is 0 Å². The van der Waals surface area contributed by atoms with Gasteiger partial charge in [0.2, 0.25) is 0 Å². The summed E-state index contributed by atoms with van der Waals surface area (Å²) >= 11 is 0. The summed E-state index contributed by atoms with van der Waals surface area (Å²) in [5, 5.41) is 8.92. The zero-order valence-electron chi connectivity index (χ0n) is 11.7. The molecule has 0 aliphatic rings. The summed E-state index contributed by atoms with van der Waals surface area (Å²) in [6, 6.07) is 19.6. The minimum absolute atomic E-state index is 0. The van der Waals surface area contributed by atoms with Gasteiger partial charge in [0.05, 0.1) is 0 Å². The van der Waals surface area contributed by atoms with Crippen molar-refractivity contribution in [2.24, 2.45) is 0 Å². The lowest BCUT2D eigenvalue weighted by Crippen LogP contribution is -2.14. The molecular formula is C18H20ClN. The van der Waals surface area contributed by atoms with Gasteiger partial charge in [-0.2, -0.15) is 0 Å². The molecule has 0 fully saturated rings. The number of halogens is 1. The second-order valence-electron chi connectivity index (χ2n) is 4.97. The number of rotatable bonds is 4. The molecule has 0 aliphatic heterocycles. The lowest BCUT2D eigenvalue weighted by Gasteiger charge is -2.12. The van der Waals surface area contributed by atoms with Gasteiger partial charge in [0, 0.05) is 6.54 Å². The van der Waals surface area contributed by atoms with Crippen LogP contribution in [0.15, 0.2) is 54.6 Å². The van der Waals surface area contributed by atoms with E-state index >= 15 is 0 Å². The average molecular weight is 286 g/mol. The first-order valence-electron chi connectivity index (χ1n) is 7.00. The largest absolute Gasteiger partial charge is 0.313 e. The van der Waals surface area contributed by atoms with Crippen molar-refractivity contribution in [3.8, 4) is 0 Å². The number of hydrogen-bond acceptors (Lipinski definition) is 1. The van der Waals surface area contributed by atoms with Crippen molar-refractivity contribution in [1.29, 1.82) is 0 Å². The maximum absolute atomic E-state index is 3.54. The Balaban J connectivity index is 0.00000147. The fourth-order valence-corrected chi connectivity index (χ4v) is 2.69. The van der Waals surface area contributed by atoms with E-state index in [9.17, 15) is 0 Å². The highest BCUT2D eigenvalue weighted by Crippen LogP contribution is 2.28. The predicted octanol–water partition coefficient (Wildman–Crippen LogP) is 4.91.